The van der Waals surface area contributed by atoms with E-state index >= 15 is 0 Å². The maximum absolute atomic E-state index is 13.5. The summed E-state index contributed by atoms with van der Waals surface area (Å²) in [7, 11) is -2.35. The van der Waals surface area contributed by atoms with E-state index in [1.54, 1.807) is 16.8 Å². The van der Waals surface area contributed by atoms with E-state index < -0.39 is 10.1 Å². The average Bonchev–Trinajstić information content (AvgIpc) is 2.69. The molecule has 0 amide bonds. The Balaban J connectivity index is 1.97. The van der Waals surface area contributed by atoms with Gasteiger partial charge in [-0.25, -0.2) is 4.39 Å². The minimum Gasteiger partial charge on any atom is -0.282 e. The first-order chi connectivity index (χ1) is 11.8. The van der Waals surface area contributed by atoms with Gasteiger partial charge >= 0.3 is 0 Å². The van der Waals surface area contributed by atoms with Crippen LogP contribution in [-0.2, 0) is 30.0 Å². The van der Waals surface area contributed by atoms with Crippen LogP contribution < -0.4 is 0 Å². The monoisotopic (exact) mass is 364 g/mol. The summed E-state index contributed by atoms with van der Waals surface area (Å²) in [5.74, 6) is -0.0437. The van der Waals surface area contributed by atoms with E-state index in [0.717, 1.165) is 47.9 Å². The number of fused-ring (bicyclic) bond motifs is 1. The van der Waals surface area contributed by atoms with Gasteiger partial charge in [0, 0.05) is 24.2 Å². The number of aryl methyl sites for hydroxylation is 1. The Hall–Kier alpha value is -1.99. The van der Waals surface area contributed by atoms with E-state index in [1.807, 2.05) is 13.1 Å². The lowest BCUT2D eigenvalue weighted by atomic mass is 9.91. The molecule has 0 saturated heterocycles. The van der Waals surface area contributed by atoms with Crippen molar-refractivity contribution in [2.45, 2.75) is 38.0 Å². The maximum Gasteiger partial charge on any atom is 0.287 e. The highest BCUT2D eigenvalue weighted by Crippen LogP contribution is 2.35. The molecule has 1 heterocycles. The van der Waals surface area contributed by atoms with Crippen LogP contribution in [0.4, 0.5) is 4.39 Å². The van der Waals surface area contributed by atoms with Gasteiger partial charge in [-0.1, -0.05) is 18.6 Å². The number of hydrogen-bond acceptors (Lipinski definition) is 3. The van der Waals surface area contributed by atoms with Crippen molar-refractivity contribution in [1.29, 1.82) is 0 Å². The van der Waals surface area contributed by atoms with Crippen LogP contribution in [0.2, 0.25) is 0 Å². The van der Waals surface area contributed by atoms with Crippen molar-refractivity contribution in [3.8, 4) is 0 Å². The molecule has 1 aliphatic carbocycles. The van der Waals surface area contributed by atoms with Crippen molar-refractivity contribution >= 4 is 16.2 Å². The summed E-state index contributed by atoms with van der Waals surface area (Å²) in [6.45, 7) is 0. The number of benzene rings is 1. The summed E-state index contributed by atoms with van der Waals surface area (Å²) in [5, 5.41) is 5.19. The zero-order valence-electron chi connectivity index (χ0n) is 14.0. The smallest absolute Gasteiger partial charge is 0.282 e. The molecule has 0 spiro atoms. The lowest BCUT2D eigenvalue weighted by Gasteiger charge is -2.17. The Labute approximate surface area is 146 Å². The molecule has 0 saturated carbocycles. The first-order valence-electron chi connectivity index (χ1n) is 8.29. The summed E-state index contributed by atoms with van der Waals surface area (Å²) in [6, 6.07) is 6.62. The Kier molecular flexibility index (Phi) is 5.06. The molecule has 5 nitrogen and oxygen atoms in total. The molecule has 2 aromatic rings. The second kappa shape index (κ2) is 7.09. The Morgan fingerprint density at radius 3 is 2.92 bits per heavy atom. The van der Waals surface area contributed by atoms with E-state index in [1.165, 1.54) is 12.1 Å². The highest BCUT2D eigenvalue weighted by atomic mass is 32.2. The molecule has 3 rings (SSSR count). The zero-order chi connectivity index (χ0) is 18.0. The molecule has 7 heteroatoms. The molecule has 0 bridgehead atoms. The van der Waals surface area contributed by atoms with Gasteiger partial charge in [-0.3, -0.25) is 9.23 Å². The SMILES string of the molecule is Cn1nc(/C=C/S(=O)(=O)O)c2c1C(Cc1cccc(F)c1)CCCC2. The van der Waals surface area contributed by atoms with Crippen molar-refractivity contribution in [3.63, 3.8) is 0 Å². The van der Waals surface area contributed by atoms with Gasteiger partial charge in [-0.05, 0) is 49.5 Å². The lowest BCUT2D eigenvalue weighted by molar-refractivity contribution is 0.494. The Morgan fingerprint density at radius 2 is 2.20 bits per heavy atom. The van der Waals surface area contributed by atoms with E-state index in [2.05, 4.69) is 5.10 Å². The predicted octanol–water partition coefficient (Wildman–Crippen LogP) is 3.47. The van der Waals surface area contributed by atoms with Crippen LogP contribution in [0.3, 0.4) is 0 Å². The van der Waals surface area contributed by atoms with Crippen LogP contribution in [0, 0.1) is 5.82 Å². The Morgan fingerprint density at radius 1 is 1.40 bits per heavy atom. The summed E-state index contributed by atoms with van der Waals surface area (Å²) >= 11 is 0. The van der Waals surface area contributed by atoms with Gasteiger partial charge in [0.25, 0.3) is 10.1 Å². The Bertz CT molecular complexity index is 903. The summed E-state index contributed by atoms with van der Waals surface area (Å²) in [4.78, 5) is 0. The van der Waals surface area contributed by atoms with Crippen molar-refractivity contribution in [3.05, 3.63) is 58.0 Å². The molecule has 25 heavy (non-hydrogen) atoms. The molecule has 0 fully saturated rings. The van der Waals surface area contributed by atoms with Crippen molar-refractivity contribution < 1.29 is 17.4 Å². The molecule has 1 unspecified atom stereocenters. The van der Waals surface area contributed by atoms with Crippen LogP contribution in [0.1, 0.15) is 47.7 Å². The lowest BCUT2D eigenvalue weighted by Crippen LogP contribution is -2.09. The molecule has 1 N–H and O–H groups in total. The second-order valence-corrected chi connectivity index (χ2v) is 7.77. The fraction of sp³-hybridized carbons (Fsp3) is 0.389. The van der Waals surface area contributed by atoms with Crippen LogP contribution >= 0.6 is 0 Å². The minimum atomic E-state index is -4.19. The third-order valence-electron chi connectivity index (χ3n) is 4.61. The quantitative estimate of drug-likeness (QED) is 0.666. The molecule has 1 aromatic heterocycles. The average molecular weight is 364 g/mol. The van der Waals surface area contributed by atoms with Crippen molar-refractivity contribution in [1.82, 2.24) is 9.78 Å². The zero-order valence-corrected chi connectivity index (χ0v) is 14.8. The standard InChI is InChI=1S/C18H21FN2O3S/c1-21-18-14(11-13-5-4-7-15(19)12-13)6-2-3-8-16(18)17(20-21)9-10-25(22,23)24/h4-5,7,9-10,12,14H,2-3,6,8,11H2,1H3,(H,22,23,24)/b10-9+. The highest BCUT2D eigenvalue weighted by molar-refractivity contribution is 7.88. The summed E-state index contributed by atoms with van der Waals surface area (Å²) in [6.07, 6.45) is 5.89. The van der Waals surface area contributed by atoms with Crippen LogP contribution in [0.25, 0.3) is 6.08 Å². The summed E-state index contributed by atoms with van der Waals surface area (Å²) < 4.78 is 46.2. The van der Waals surface area contributed by atoms with E-state index in [-0.39, 0.29) is 11.7 Å². The number of rotatable bonds is 4. The molecular formula is C18H21FN2O3S. The minimum absolute atomic E-state index is 0.199. The summed E-state index contributed by atoms with van der Waals surface area (Å²) in [5.41, 5.74) is 3.59. The molecule has 0 radical (unpaired) electrons. The topological polar surface area (TPSA) is 72.2 Å². The molecule has 134 valence electrons. The maximum atomic E-state index is 13.5. The number of aromatic nitrogens is 2. The van der Waals surface area contributed by atoms with Gasteiger partial charge in [-0.15, -0.1) is 0 Å². The number of halogens is 1. The van der Waals surface area contributed by atoms with E-state index in [4.69, 9.17) is 4.55 Å². The van der Waals surface area contributed by atoms with Crippen LogP contribution in [0.5, 0.6) is 0 Å². The number of nitrogens with zero attached hydrogens (tertiary/aromatic N) is 2. The van der Waals surface area contributed by atoms with Gasteiger partial charge < -0.3 is 0 Å². The first kappa shape index (κ1) is 17.8. The largest absolute Gasteiger partial charge is 0.287 e. The van der Waals surface area contributed by atoms with Gasteiger partial charge in [-0.2, -0.15) is 13.5 Å². The van der Waals surface area contributed by atoms with Gasteiger partial charge in [0.2, 0.25) is 0 Å². The predicted molar refractivity (Wildman–Crippen MR) is 94.2 cm³/mol. The van der Waals surface area contributed by atoms with Crippen LogP contribution in [-0.4, -0.2) is 22.8 Å². The first-order valence-corrected chi connectivity index (χ1v) is 9.79. The second-order valence-electron chi connectivity index (χ2n) is 6.47. The van der Waals surface area contributed by atoms with Gasteiger partial charge in [0.05, 0.1) is 11.1 Å². The van der Waals surface area contributed by atoms with Crippen LogP contribution in [0.15, 0.2) is 29.7 Å². The van der Waals surface area contributed by atoms with Gasteiger partial charge in [0.1, 0.15) is 5.82 Å². The fourth-order valence-electron chi connectivity index (χ4n) is 3.63. The molecule has 1 aromatic carbocycles. The normalized spacial score (nSPS) is 18.3. The van der Waals surface area contributed by atoms with Crippen molar-refractivity contribution in [2.24, 2.45) is 7.05 Å². The third kappa shape index (κ3) is 4.35. The molecule has 1 atom stereocenters. The molecule has 1 aliphatic rings. The molecular weight excluding hydrogens is 343 g/mol. The number of hydrogen-bond donors (Lipinski definition) is 1. The van der Waals surface area contributed by atoms with Gasteiger partial charge in [0.15, 0.2) is 0 Å². The van der Waals surface area contributed by atoms with E-state index in [0.29, 0.717) is 12.1 Å². The van der Waals surface area contributed by atoms with Crippen molar-refractivity contribution in [2.75, 3.05) is 0 Å². The fourth-order valence-corrected chi connectivity index (χ4v) is 3.93. The van der Waals surface area contributed by atoms with E-state index in [9.17, 15) is 12.8 Å². The highest BCUT2D eigenvalue weighted by Gasteiger charge is 2.25. The molecule has 0 aliphatic heterocycles. The third-order valence-corrected chi connectivity index (χ3v) is 5.09.